The van der Waals surface area contributed by atoms with Crippen LogP contribution in [0.3, 0.4) is 0 Å². The van der Waals surface area contributed by atoms with Crippen LogP contribution in [0.1, 0.15) is 12.8 Å². The predicted molar refractivity (Wildman–Crippen MR) is 82.6 cm³/mol. The second-order valence-corrected chi connectivity index (χ2v) is 5.23. The summed E-state index contributed by atoms with van der Waals surface area (Å²) < 4.78 is 0. The van der Waals surface area contributed by atoms with Gasteiger partial charge in [0.15, 0.2) is 0 Å². The zero-order valence-electron chi connectivity index (χ0n) is 12.0. The highest BCUT2D eigenvalue weighted by atomic mass is 16.2. The first kappa shape index (κ1) is 15.3. The van der Waals surface area contributed by atoms with Crippen LogP contribution >= 0.6 is 0 Å². The summed E-state index contributed by atoms with van der Waals surface area (Å²) in [5.74, 6) is -0.276. The monoisotopic (exact) mass is 287 g/mol. The van der Waals surface area contributed by atoms with Gasteiger partial charge in [-0.3, -0.25) is 14.5 Å². The molecule has 1 aromatic carbocycles. The van der Waals surface area contributed by atoms with Crippen molar-refractivity contribution in [2.75, 3.05) is 25.0 Å². The Morgan fingerprint density at radius 3 is 2.52 bits per heavy atom. The van der Waals surface area contributed by atoms with E-state index in [0.29, 0.717) is 6.54 Å². The van der Waals surface area contributed by atoms with E-state index < -0.39 is 5.91 Å². The second kappa shape index (κ2) is 7.59. The number of nitrogens with two attached hydrogens (primary N) is 1. The SMILES string of the molecule is NC(=O)/C=C/CN1CCC(C(=O)Nc2ccccc2)CC1. The Bertz CT molecular complexity index is 506. The number of para-hydroxylation sites is 1. The van der Waals surface area contributed by atoms with Crippen LogP contribution in [0.15, 0.2) is 42.5 Å². The maximum Gasteiger partial charge on any atom is 0.241 e. The van der Waals surface area contributed by atoms with E-state index in [9.17, 15) is 9.59 Å². The molecule has 5 heteroatoms. The number of nitrogens with one attached hydrogen (secondary N) is 1. The Kier molecular flexibility index (Phi) is 5.51. The highest BCUT2D eigenvalue weighted by Gasteiger charge is 2.24. The van der Waals surface area contributed by atoms with Gasteiger partial charge in [0.05, 0.1) is 0 Å². The van der Waals surface area contributed by atoms with Crippen LogP contribution in [0.25, 0.3) is 0 Å². The molecule has 5 nitrogen and oxygen atoms in total. The fraction of sp³-hybridized carbons (Fsp3) is 0.375. The standard InChI is InChI=1S/C16H21N3O2/c17-15(20)7-4-10-19-11-8-13(9-12-19)16(21)18-14-5-2-1-3-6-14/h1-7,13H,8-12H2,(H2,17,20)(H,18,21)/b7-4+. The summed E-state index contributed by atoms with van der Waals surface area (Å²) in [6.07, 6.45) is 4.83. The average Bonchev–Trinajstić information content (AvgIpc) is 2.48. The number of amides is 2. The molecule has 2 rings (SSSR count). The molecule has 3 N–H and O–H groups in total. The number of anilines is 1. The van der Waals surface area contributed by atoms with Crippen LogP contribution in [-0.2, 0) is 9.59 Å². The van der Waals surface area contributed by atoms with Crippen LogP contribution < -0.4 is 11.1 Å². The molecule has 0 aliphatic carbocycles. The molecule has 1 heterocycles. The number of hydrogen-bond donors (Lipinski definition) is 2. The van der Waals surface area contributed by atoms with Crippen molar-refractivity contribution in [2.45, 2.75) is 12.8 Å². The molecule has 0 aromatic heterocycles. The molecule has 21 heavy (non-hydrogen) atoms. The van der Waals surface area contributed by atoms with E-state index in [1.54, 1.807) is 6.08 Å². The number of nitrogens with zero attached hydrogens (tertiary/aromatic N) is 1. The van der Waals surface area contributed by atoms with Crippen LogP contribution in [-0.4, -0.2) is 36.3 Å². The molecule has 1 aliphatic heterocycles. The lowest BCUT2D eigenvalue weighted by molar-refractivity contribution is -0.121. The number of likely N-dealkylation sites (tertiary alicyclic amines) is 1. The van der Waals surface area contributed by atoms with Gasteiger partial charge in [-0.15, -0.1) is 0 Å². The van der Waals surface area contributed by atoms with E-state index in [-0.39, 0.29) is 11.8 Å². The molecule has 0 spiro atoms. The zero-order valence-corrected chi connectivity index (χ0v) is 12.0. The Balaban J connectivity index is 1.75. The van der Waals surface area contributed by atoms with Gasteiger partial charge in [0.2, 0.25) is 11.8 Å². The Hall–Kier alpha value is -2.14. The van der Waals surface area contributed by atoms with E-state index in [1.165, 1.54) is 6.08 Å². The van der Waals surface area contributed by atoms with E-state index in [4.69, 9.17) is 5.73 Å². The summed E-state index contributed by atoms with van der Waals surface area (Å²) in [6.45, 7) is 2.42. The molecule has 0 bridgehead atoms. The molecule has 2 amide bonds. The maximum atomic E-state index is 12.2. The van der Waals surface area contributed by atoms with Crippen molar-refractivity contribution in [3.8, 4) is 0 Å². The molecule has 1 aromatic rings. The molecule has 0 radical (unpaired) electrons. The first-order valence-electron chi connectivity index (χ1n) is 7.19. The number of hydrogen-bond acceptors (Lipinski definition) is 3. The third kappa shape index (κ3) is 5.04. The van der Waals surface area contributed by atoms with Gasteiger partial charge in [-0.1, -0.05) is 24.3 Å². The van der Waals surface area contributed by atoms with Gasteiger partial charge in [-0.05, 0) is 44.1 Å². The number of rotatable bonds is 5. The molecule has 0 unspecified atom stereocenters. The highest BCUT2D eigenvalue weighted by Crippen LogP contribution is 2.19. The van der Waals surface area contributed by atoms with Gasteiger partial charge in [-0.2, -0.15) is 0 Å². The second-order valence-electron chi connectivity index (χ2n) is 5.23. The molecule has 1 aliphatic rings. The van der Waals surface area contributed by atoms with Gasteiger partial charge >= 0.3 is 0 Å². The lowest BCUT2D eigenvalue weighted by atomic mass is 9.96. The fourth-order valence-electron chi connectivity index (χ4n) is 2.46. The third-order valence-electron chi connectivity index (χ3n) is 3.65. The quantitative estimate of drug-likeness (QED) is 0.803. The summed E-state index contributed by atoms with van der Waals surface area (Å²) in [4.78, 5) is 25.0. The third-order valence-corrected chi connectivity index (χ3v) is 3.65. The minimum Gasteiger partial charge on any atom is -0.366 e. The van der Waals surface area contributed by atoms with Gasteiger partial charge in [-0.25, -0.2) is 0 Å². The van der Waals surface area contributed by atoms with Gasteiger partial charge < -0.3 is 11.1 Å². The summed E-state index contributed by atoms with van der Waals surface area (Å²) >= 11 is 0. The summed E-state index contributed by atoms with van der Waals surface area (Å²) in [7, 11) is 0. The van der Waals surface area contributed by atoms with Crippen LogP contribution in [0.5, 0.6) is 0 Å². The van der Waals surface area contributed by atoms with Crippen LogP contribution in [0.2, 0.25) is 0 Å². The zero-order chi connectivity index (χ0) is 15.1. The van der Waals surface area contributed by atoms with Crippen LogP contribution in [0, 0.1) is 5.92 Å². The molecular formula is C16H21N3O2. The first-order chi connectivity index (χ1) is 10.1. The van der Waals surface area contributed by atoms with E-state index in [0.717, 1.165) is 31.6 Å². The number of carbonyl (C=O) groups excluding carboxylic acids is 2. The lowest BCUT2D eigenvalue weighted by Gasteiger charge is -2.30. The first-order valence-corrected chi connectivity index (χ1v) is 7.19. The Labute approximate surface area is 124 Å². The smallest absolute Gasteiger partial charge is 0.241 e. The van der Waals surface area contributed by atoms with Crippen molar-refractivity contribution in [2.24, 2.45) is 11.7 Å². The van der Waals surface area contributed by atoms with Crippen molar-refractivity contribution < 1.29 is 9.59 Å². The highest BCUT2D eigenvalue weighted by molar-refractivity contribution is 5.92. The number of benzene rings is 1. The van der Waals surface area contributed by atoms with E-state index >= 15 is 0 Å². The molecule has 1 fully saturated rings. The van der Waals surface area contributed by atoms with Crippen molar-refractivity contribution in [3.63, 3.8) is 0 Å². The Morgan fingerprint density at radius 2 is 1.90 bits per heavy atom. The summed E-state index contributed by atoms with van der Waals surface area (Å²) in [6, 6.07) is 9.52. The van der Waals surface area contributed by atoms with Gasteiger partial charge in [0.1, 0.15) is 0 Å². The fourth-order valence-corrected chi connectivity index (χ4v) is 2.46. The minimum absolute atomic E-state index is 0.0570. The van der Waals surface area contributed by atoms with Gasteiger partial charge in [0, 0.05) is 18.2 Å². The predicted octanol–water partition coefficient (Wildman–Crippen LogP) is 1.38. The minimum atomic E-state index is -0.424. The number of carbonyl (C=O) groups is 2. The molecule has 112 valence electrons. The van der Waals surface area contributed by atoms with Crippen molar-refractivity contribution in [1.82, 2.24) is 4.90 Å². The number of primary amides is 1. The van der Waals surface area contributed by atoms with E-state index in [1.807, 2.05) is 30.3 Å². The van der Waals surface area contributed by atoms with Crippen LogP contribution in [0.4, 0.5) is 5.69 Å². The van der Waals surface area contributed by atoms with Crippen molar-refractivity contribution in [1.29, 1.82) is 0 Å². The topological polar surface area (TPSA) is 75.4 Å². The normalized spacial score (nSPS) is 17.0. The lowest BCUT2D eigenvalue weighted by Crippen LogP contribution is -2.38. The largest absolute Gasteiger partial charge is 0.366 e. The summed E-state index contributed by atoms with van der Waals surface area (Å²) in [5, 5.41) is 2.95. The molecular weight excluding hydrogens is 266 g/mol. The molecule has 1 saturated heterocycles. The average molecular weight is 287 g/mol. The maximum absolute atomic E-state index is 12.2. The van der Waals surface area contributed by atoms with Crippen molar-refractivity contribution in [3.05, 3.63) is 42.5 Å². The van der Waals surface area contributed by atoms with Crippen molar-refractivity contribution >= 4 is 17.5 Å². The van der Waals surface area contributed by atoms with Gasteiger partial charge in [0.25, 0.3) is 0 Å². The number of piperidine rings is 1. The van der Waals surface area contributed by atoms with E-state index in [2.05, 4.69) is 10.2 Å². The molecule has 0 saturated carbocycles. The molecule has 0 atom stereocenters. The Morgan fingerprint density at radius 1 is 1.24 bits per heavy atom. The summed E-state index contributed by atoms with van der Waals surface area (Å²) in [5.41, 5.74) is 5.89.